The number of hydrogen-bond acceptors (Lipinski definition) is 2. The van der Waals surface area contributed by atoms with Gasteiger partial charge in [-0.25, -0.2) is 9.97 Å². The minimum Gasteiger partial charge on any atom is -0.241 e. The lowest BCUT2D eigenvalue weighted by molar-refractivity contribution is -0.128. The van der Waals surface area contributed by atoms with Crippen molar-refractivity contribution in [2.75, 3.05) is 0 Å². The maximum Gasteiger partial charge on any atom is 0.396 e. The maximum absolute atomic E-state index is 11.9. The number of aromatic nitrogens is 2. The van der Waals surface area contributed by atoms with E-state index < -0.39 is 12.6 Å². The second-order valence-electron chi connectivity index (χ2n) is 2.61. The van der Waals surface area contributed by atoms with E-state index in [4.69, 9.17) is 0 Å². The number of nitrogens with zero attached hydrogens (tertiary/aromatic N) is 2. The van der Waals surface area contributed by atoms with E-state index in [9.17, 15) is 13.2 Å². The highest BCUT2D eigenvalue weighted by molar-refractivity contribution is 5.02. The van der Waals surface area contributed by atoms with Gasteiger partial charge < -0.3 is 0 Å². The van der Waals surface area contributed by atoms with E-state index in [-0.39, 0.29) is 5.82 Å². The fraction of sp³-hybridized carbons (Fsp3) is 0.500. The van der Waals surface area contributed by atoms with Crippen LogP contribution in [0, 0.1) is 0 Å². The first-order valence-electron chi connectivity index (χ1n) is 3.89. The van der Waals surface area contributed by atoms with Gasteiger partial charge in [0.25, 0.3) is 0 Å². The van der Waals surface area contributed by atoms with Crippen molar-refractivity contribution >= 4 is 0 Å². The molecule has 13 heavy (non-hydrogen) atoms. The molecule has 1 rings (SSSR count). The first kappa shape index (κ1) is 9.95. The molecule has 72 valence electrons. The van der Waals surface area contributed by atoms with E-state index in [0.717, 1.165) is 0 Å². The lowest BCUT2D eigenvalue weighted by Crippen LogP contribution is -2.14. The first-order chi connectivity index (χ1) is 6.01. The van der Waals surface area contributed by atoms with Gasteiger partial charge in [-0.1, -0.05) is 6.92 Å². The van der Waals surface area contributed by atoms with Crippen molar-refractivity contribution in [1.29, 1.82) is 0 Å². The highest BCUT2D eigenvalue weighted by atomic mass is 19.4. The first-order valence-corrected chi connectivity index (χ1v) is 3.89. The van der Waals surface area contributed by atoms with Gasteiger partial charge in [-0.3, -0.25) is 0 Å². The van der Waals surface area contributed by atoms with E-state index >= 15 is 0 Å². The van der Waals surface area contributed by atoms with Crippen LogP contribution < -0.4 is 0 Å². The van der Waals surface area contributed by atoms with Crippen LogP contribution in [0.3, 0.4) is 0 Å². The Bertz CT molecular complexity index is 283. The molecule has 0 amide bonds. The Morgan fingerprint density at radius 1 is 1.38 bits per heavy atom. The number of hydrogen-bond donors (Lipinski definition) is 0. The summed E-state index contributed by atoms with van der Waals surface area (Å²) in [5.41, 5.74) is 0.634. The van der Waals surface area contributed by atoms with Gasteiger partial charge in [0.2, 0.25) is 0 Å². The van der Waals surface area contributed by atoms with Gasteiger partial charge in [-0.15, -0.1) is 0 Å². The molecule has 0 aliphatic rings. The van der Waals surface area contributed by atoms with Crippen LogP contribution in [-0.4, -0.2) is 16.1 Å². The molecule has 0 aliphatic heterocycles. The number of halogens is 3. The number of aryl methyl sites for hydroxylation is 1. The lowest BCUT2D eigenvalue weighted by atomic mass is 10.3. The Morgan fingerprint density at radius 3 is 2.62 bits per heavy atom. The number of alkyl halides is 3. The molecule has 1 aromatic rings. The molecule has 0 aromatic carbocycles. The Balaban J connectivity index is 2.78. The molecule has 0 radical (unpaired) electrons. The van der Waals surface area contributed by atoms with Gasteiger partial charge in [0.05, 0.1) is 0 Å². The molecule has 0 aliphatic carbocycles. The van der Waals surface area contributed by atoms with Crippen molar-refractivity contribution in [3.05, 3.63) is 23.8 Å². The minimum atomic E-state index is -4.23. The second kappa shape index (κ2) is 3.72. The molecule has 0 saturated carbocycles. The van der Waals surface area contributed by atoms with Gasteiger partial charge in [-0.2, -0.15) is 13.2 Å². The highest BCUT2D eigenvalue weighted by Gasteiger charge is 2.29. The molecule has 2 nitrogen and oxygen atoms in total. The summed E-state index contributed by atoms with van der Waals surface area (Å²) in [5.74, 6) is -0.160. The molecule has 0 spiro atoms. The quantitative estimate of drug-likeness (QED) is 0.714. The Kier molecular flexibility index (Phi) is 2.85. The summed E-state index contributed by atoms with van der Waals surface area (Å²) in [6, 6.07) is 1.61. The Morgan fingerprint density at radius 2 is 2.08 bits per heavy atom. The van der Waals surface area contributed by atoms with Crippen LogP contribution >= 0.6 is 0 Å². The zero-order valence-electron chi connectivity index (χ0n) is 7.10. The van der Waals surface area contributed by atoms with Gasteiger partial charge in [-0.05, 0) is 12.5 Å². The van der Waals surface area contributed by atoms with E-state index in [2.05, 4.69) is 9.97 Å². The van der Waals surface area contributed by atoms with Crippen molar-refractivity contribution in [2.45, 2.75) is 25.9 Å². The van der Waals surface area contributed by atoms with Crippen LogP contribution in [0.1, 0.15) is 18.4 Å². The summed E-state index contributed by atoms with van der Waals surface area (Å²) in [6.07, 6.45) is -3.31. The monoisotopic (exact) mass is 190 g/mol. The third kappa shape index (κ3) is 3.40. The van der Waals surface area contributed by atoms with Crippen molar-refractivity contribution < 1.29 is 13.2 Å². The minimum absolute atomic E-state index is 0.160. The van der Waals surface area contributed by atoms with Crippen molar-refractivity contribution in [2.24, 2.45) is 0 Å². The predicted molar refractivity (Wildman–Crippen MR) is 41.2 cm³/mol. The molecule has 0 fully saturated rings. The SMILES string of the molecule is CCc1ccnc(CC(F)(F)F)n1. The molecular formula is C8H9F3N2. The molecule has 1 heterocycles. The van der Waals surface area contributed by atoms with Gasteiger partial charge >= 0.3 is 6.18 Å². The Labute approximate surface area is 73.8 Å². The largest absolute Gasteiger partial charge is 0.396 e. The predicted octanol–water partition coefficient (Wildman–Crippen LogP) is 2.14. The fourth-order valence-corrected chi connectivity index (χ4v) is 0.903. The fourth-order valence-electron chi connectivity index (χ4n) is 0.903. The molecule has 5 heteroatoms. The zero-order chi connectivity index (χ0) is 9.90. The standard InChI is InChI=1S/C8H9F3N2/c1-2-6-3-4-12-7(13-6)5-8(9,10)11/h3-4H,2,5H2,1H3. The highest BCUT2D eigenvalue weighted by Crippen LogP contribution is 2.18. The molecule has 0 atom stereocenters. The molecule has 0 N–H and O–H groups in total. The Hall–Kier alpha value is -1.13. The van der Waals surface area contributed by atoms with E-state index in [1.807, 2.05) is 6.92 Å². The third-order valence-corrected chi connectivity index (χ3v) is 1.48. The summed E-state index contributed by atoms with van der Waals surface area (Å²) >= 11 is 0. The molecule has 1 aromatic heterocycles. The molecule has 0 bridgehead atoms. The van der Waals surface area contributed by atoms with E-state index in [1.165, 1.54) is 6.20 Å². The molecular weight excluding hydrogens is 181 g/mol. The smallest absolute Gasteiger partial charge is 0.241 e. The van der Waals surface area contributed by atoms with Crippen LogP contribution in [0.4, 0.5) is 13.2 Å². The van der Waals surface area contributed by atoms with Crippen molar-refractivity contribution in [3.8, 4) is 0 Å². The summed E-state index contributed by atoms with van der Waals surface area (Å²) in [7, 11) is 0. The van der Waals surface area contributed by atoms with Crippen molar-refractivity contribution in [3.63, 3.8) is 0 Å². The average Bonchev–Trinajstić information content (AvgIpc) is 2.01. The van der Waals surface area contributed by atoms with Crippen LogP contribution in [0.15, 0.2) is 12.3 Å². The summed E-state index contributed by atoms with van der Waals surface area (Å²) in [4.78, 5) is 7.29. The zero-order valence-corrected chi connectivity index (χ0v) is 7.10. The van der Waals surface area contributed by atoms with Crippen LogP contribution in [0.25, 0.3) is 0 Å². The molecule has 0 saturated heterocycles. The van der Waals surface area contributed by atoms with Crippen LogP contribution in [0.5, 0.6) is 0 Å². The summed E-state index contributed by atoms with van der Waals surface area (Å²) < 4.78 is 35.7. The van der Waals surface area contributed by atoms with Gasteiger partial charge in [0.1, 0.15) is 12.2 Å². The van der Waals surface area contributed by atoms with E-state index in [0.29, 0.717) is 12.1 Å². The molecule has 0 unspecified atom stereocenters. The number of rotatable bonds is 2. The average molecular weight is 190 g/mol. The maximum atomic E-state index is 11.9. The van der Waals surface area contributed by atoms with Gasteiger partial charge in [0, 0.05) is 11.9 Å². The summed E-state index contributed by atoms with van der Waals surface area (Å²) in [6.45, 7) is 1.83. The normalized spacial score (nSPS) is 11.7. The second-order valence-corrected chi connectivity index (χ2v) is 2.61. The van der Waals surface area contributed by atoms with Gasteiger partial charge in [0.15, 0.2) is 0 Å². The topological polar surface area (TPSA) is 25.8 Å². The lowest BCUT2D eigenvalue weighted by Gasteiger charge is -2.05. The van der Waals surface area contributed by atoms with Crippen LogP contribution in [0.2, 0.25) is 0 Å². The van der Waals surface area contributed by atoms with Crippen LogP contribution in [-0.2, 0) is 12.8 Å². The van der Waals surface area contributed by atoms with Crippen molar-refractivity contribution in [1.82, 2.24) is 9.97 Å². The van der Waals surface area contributed by atoms with E-state index in [1.54, 1.807) is 6.07 Å². The third-order valence-electron chi connectivity index (χ3n) is 1.48. The summed E-state index contributed by atoms with van der Waals surface area (Å²) in [5, 5.41) is 0.